The Labute approximate surface area is 186 Å². The van der Waals surface area contributed by atoms with Crippen LogP contribution in [0.25, 0.3) is 12.2 Å². The van der Waals surface area contributed by atoms with Crippen LogP contribution in [0.1, 0.15) is 11.1 Å². The van der Waals surface area contributed by atoms with Gasteiger partial charge in [-0.25, -0.2) is 4.79 Å². The fraction of sp³-hybridized carbons (Fsp3) is 0.0769. The van der Waals surface area contributed by atoms with Gasteiger partial charge in [0.1, 0.15) is 5.75 Å². The lowest BCUT2D eigenvalue weighted by molar-refractivity contribution is -0.113. The molecule has 4 nitrogen and oxygen atoms in total. The van der Waals surface area contributed by atoms with Crippen molar-refractivity contribution in [3.05, 3.63) is 112 Å². The number of carbonyl (C=O) groups is 2. The average molecular weight is 430 g/mol. The minimum Gasteiger partial charge on any atom is -0.410 e. The molecule has 3 aromatic rings. The summed E-state index contributed by atoms with van der Waals surface area (Å²) in [5.74, 6) is 0.330. The van der Waals surface area contributed by atoms with Gasteiger partial charge in [-0.3, -0.25) is 9.69 Å². The van der Waals surface area contributed by atoms with E-state index in [2.05, 4.69) is 0 Å². The van der Waals surface area contributed by atoms with Crippen LogP contribution in [-0.2, 0) is 4.79 Å². The van der Waals surface area contributed by atoms with Crippen LogP contribution in [0.4, 0.5) is 4.79 Å². The molecule has 0 bridgehead atoms. The highest BCUT2D eigenvalue weighted by Gasteiger charge is 2.30. The maximum atomic E-state index is 13.2. The molecule has 1 aliphatic rings. The zero-order chi connectivity index (χ0) is 21.6. The molecule has 0 radical (unpaired) electrons. The van der Waals surface area contributed by atoms with Crippen LogP contribution < -0.4 is 4.74 Å². The van der Waals surface area contributed by atoms with Gasteiger partial charge >= 0.3 is 6.09 Å². The number of carbonyl (C=O) groups excluding carboxylic acids is 2. The highest BCUT2D eigenvalue weighted by Crippen LogP contribution is 2.24. The Bertz CT molecular complexity index is 1070. The van der Waals surface area contributed by atoms with Crippen molar-refractivity contribution >= 4 is 35.6 Å². The molecule has 0 aromatic heterocycles. The van der Waals surface area contributed by atoms with Crippen molar-refractivity contribution in [2.75, 3.05) is 13.1 Å². The third-order valence-corrected chi connectivity index (χ3v) is 5.12. The molecule has 0 saturated carbocycles. The quantitative estimate of drug-likeness (QED) is 0.487. The molecule has 1 amide bonds. The molecule has 5 heteroatoms. The van der Waals surface area contributed by atoms with Gasteiger partial charge in [0.15, 0.2) is 5.78 Å². The van der Waals surface area contributed by atoms with Crippen molar-refractivity contribution in [1.82, 2.24) is 4.90 Å². The standard InChI is InChI=1S/C26H20ClNO3/c27-23-11-13-24(14-12-23)31-26(30)28-17-21(15-19-7-3-1-4-8-19)25(29)22(18-28)16-20-9-5-2-6-10-20/h1-16H,17-18H2/b21-15-,22-16+. The maximum absolute atomic E-state index is 13.2. The largest absolute Gasteiger partial charge is 0.415 e. The molecule has 0 aliphatic carbocycles. The van der Waals surface area contributed by atoms with Crippen molar-refractivity contribution in [2.24, 2.45) is 0 Å². The lowest BCUT2D eigenvalue weighted by Crippen LogP contribution is -2.43. The molecule has 1 fully saturated rings. The summed E-state index contributed by atoms with van der Waals surface area (Å²) >= 11 is 5.90. The first-order valence-corrected chi connectivity index (χ1v) is 10.2. The van der Waals surface area contributed by atoms with Gasteiger partial charge in [0.05, 0.1) is 13.1 Å². The predicted octanol–water partition coefficient (Wildman–Crippen LogP) is 5.89. The van der Waals surface area contributed by atoms with E-state index in [1.807, 2.05) is 72.8 Å². The molecule has 1 saturated heterocycles. The number of ether oxygens (including phenoxy) is 1. The van der Waals surface area contributed by atoms with Crippen molar-refractivity contribution in [3.63, 3.8) is 0 Å². The average Bonchev–Trinajstić information content (AvgIpc) is 2.79. The van der Waals surface area contributed by atoms with Crippen LogP contribution >= 0.6 is 11.6 Å². The van der Waals surface area contributed by atoms with Crippen molar-refractivity contribution < 1.29 is 14.3 Å². The molecule has 31 heavy (non-hydrogen) atoms. The number of piperidine rings is 1. The van der Waals surface area contributed by atoms with Crippen LogP contribution in [0.3, 0.4) is 0 Å². The first-order valence-electron chi connectivity index (χ1n) is 9.87. The van der Waals surface area contributed by atoms with Gasteiger partial charge in [-0.15, -0.1) is 0 Å². The van der Waals surface area contributed by atoms with Gasteiger partial charge in [-0.1, -0.05) is 72.3 Å². The lowest BCUT2D eigenvalue weighted by Gasteiger charge is -2.29. The zero-order valence-electron chi connectivity index (χ0n) is 16.7. The summed E-state index contributed by atoms with van der Waals surface area (Å²) in [6, 6.07) is 25.8. The number of nitrogens with zero attached hydrogens (tertiary/aromatic N) is 1. The van der Waals surface area contributed by atoms with Gasteiger partial charge in [-0.05, 0) is 47.5 Å². The van der Waals surface area contributed by atoms with Crippen LogP contribution in [0, 0.1) is 0 Å². The van der Waals surface area contributed by atoms with Crippen molar-refractivity contribution in [2.45, 2.75) is 0 Å². The van der Waals surface area contributed by atoms with Gasteiger partial charge in [-0.2, -0.15) is 0 Å². The van der Waals surface area contributed by atoms with E-state index in [4.69, 9.17) is 16.3 Å². The fourth-order valence-electron chi connectivity index (χ4n) is 3.34. The Balaban J connectivity index is 1.64. The topological polar surface area (TPSA) is 46.6 Å². The summed E-state index contributed by atoms with van der Waals surface area (Å²) in [4.78, 5) is 27.6. The molecule has 1 aliphatic heterocycles. The van der Waals surface area contributed by atoms with E-state index < -0.39 is 6.09 Å². The van der Waals surface area contributed by atoms with Crippen molar-refractivity contribution in [3.8, 4) is 5.75 Å². The van der Waals surface area contributed by atoms with Crippen LogP contribution in [0.5, 0.6) is 5.75 Å². The summed E-state index contributed by atoms with van der Waals surface area (Å²) in [7, 11) is 0. The summed E-state index contributed by atoms with van der Waals surface area (Å²) < 4.78 is 5.50. The van der Waals surface area contributed by atoms with E-state index in [9.17, 15) is 9.59 Å². The first-order chi connectivity index (χ1) is 15.1. The number of amides is 1. The zero-order valence-corrected chi connectivity index (χ0v) is 17.5. The molecule has 0 N–H and O–H groups in total. The SMILES string of the molecule is O=C1/C(=C\c2ccccc2)CN(C(=O)Oc2ccc(Cl)cc2)C/C1=C\c1ccccc1. The van der Waals surface area contributed by atoms with Gasteiger partial charge in [0.2, 0.25) is 0 Å². The second-order valence-corrected chi connectivity index (χ2v) is 7.60. The van der Waals surface area contributed by atoms with E-state index in [0.29, 0.717) is 21.9 Å². The monoisotopic (exact) mass is 429 g/mol. The highest BCUT2D eigenvalue weighted by atomic mass is 35.5. The number of halogens is 1. The Hall–Kier alpha value is -3.63. The van der Waals surface area contributed by atoms with E-state index in [1.54, 1.807) is 24.3 Å². The van der Waals surface area contributed by atoms with E-state index in [0.717, 1.165) is 11.1 Å². The third kappa shape index (κ3) is 5.30. The van der Waals surface area contributed by atoms with Gasteiger partial charge in [0, 0.05) is 16.2 Å². The van der Waals surface area contributed by atoms with Crippen molar-refractivity contribution in [1.29, 1.82) is 0 Å². The number of hydrogen-bond acceptors (Lipinski definition) is 3. The molecule has 3 aromatic carbocycles. The Morgan fingerprint density at radius 1 is 0.774 bits per heavy atom. The fourth-order valence-corrected chi connectivity index (χ4v) is 3.46. The number of hydrogen-bond donors (Lipinski definition) is 0. The van der Waals surface area contributed by atoms with Gasteiger partial charge < -0.3 is 4.74 Å². The van der Waals surface area contributed by atoms with E-state index in [-0.39, 0.29) is 18.9 Å². The molecule has 0 atom stereocenters. The van der Waals surface area contributed by atoms with Crippen LogP contribution in [0.2, 0.25) is 5.02 Å². The highest BCUT2D eigenvalue weighted by molar-refractivity contribution is 6.30. The number of likely N-dealkylation sites (tertiary alicyclic amines) is 1. The Kier molecular flexibility index (Phi) is 6.29. The second-order valence-electron chi connectivity index (χ2n) is 7.17. The molecule has 1 heterocycles. The Morgan fingerprint density at radius 3 is 1.74 bits per heavy atom. The molecule has 0 unspecified atom stereocenters. The predicted molar refractivity (Wildman–Crippen MR) is 123 cm³/mol. The lowest BCUT2D eigenvalue weighted by atomic mass is 9.94. The number of benzene rings is 3. The smallest absolute Gasteiger partial charge is 0.410 e. The van der Waals surface area contributed by atoms with Crippen LogP contribution in [0.15, 0.2) is 96.1 Å². The van der Waals surface area contributed by atoms with Crippen LogP contribution in [-0.4, -0.2) is 29.9 Å². The molecular weight excluding hydrogens is 410 g/mol. The molecule has 0 spiro atoms. The van der Waals surface area contributed by atoms with E-state index >= 15 is 0 Å². The minimum atomic E-state index is -0.521. The normalized spacial score (nSPS) is 16.5. The summed E-state index contributed by atoms with van der Waals surface area (Å²) in [5, 5.41) is 0.560. The summed E-state index contributed by atoms with van der Waals surface area (Å²) in [6.45, 7) is 0.346. The van der Waals surface area contributed by atoms with E-state index in [1.165, 1.54) is 4.90 Å². The number of ketones is 1. The molecule has 4 rings (SSSR count). The molecular formula is C26H20ClNO3. The number of rotatable bonds is 3. The van der Waals surface area contributed by atoms with Gasteiger partial charge in [0.25, 0.3) is 0 Å². The summed E-state index contributed by atoms with van der Waals surface area (Å²) in [5.41, 5.74) is 2.87. The third-order valence-electron chi connectivity index (χ3n) is 4.86. The first kappa shape index (κ1) is 20.6. The Morgan fingerprint density at radius 2 is 1.26 bits per heavy atom. The maximum Gasteiger partial charge on any atom is 0.415 e. The summed E-state index contributed by atoms with van der Waals surface area (Å²) in [6.07, 6.45) is 3.12. The second kappa shape index (κ2) is 9.45. The molecule has 154 valence electrons. The number of Topliss-reactive ketones (excluding diaryl/α,β-unsaturated/α-hetero) is 1. The minimum absolute atomic E-state index is 0.0664.